The van der Waals surface area contributed by atoms with Gasteiger partial charge in [0, 0.05) is 5.02 Å². The molecule has 0 aliphatic rings. The van der Waals surface area contributed by atoms with Crippen LogP contribution in [0.4, 0.5) is 8.78 Å². The summed E-state index contributed by atoms with van der Waals surface area (Å²) in [5, 5.41) is 3.37. The first kappa shape index (κ1) is 12.9. The average molecular weight is 274 g/mol. The van der Waals surface area contributed by atoms with E-state index in [2.05, 4.69) is 15.3 Å². The van der Waals surface area contributed by atoms with Gasteiger partial charge in [0.2, 0.25) is 0 Å². The lowest BCUT2D eigenvalue weighted by Crippen LogP contribution is -2.23. The van der Waals surface area contributed by atoms with Gasteiger partial charge in [0.1, 0.15) is 5.82 Å². The molecule has 0 aliphatic heterocycles. The number of aromatic amines is 1. The molecule has 1 aromatic carbocycles. The van der Waals surface area contributed by atoms with Crippen molar-refractivity contribution in [3.05, 3.63) is 39.4 Å². The van der Waals surface area contributed by atoms with Gasteiger partial charge in [-0.05, 0) is 18.2 Å². The number of hydrogen-bond donors (Lipinski definition) is 2. The molecule has 7 heteroatoms. The SMILES string of the molecule is O=c1[nH]c(CNCC(F)F)nc2cc(Cl)ccc12. The van der Waals surface area contributed by atoms with Crippen molar-refractivity contribution >= 4 is 22.5 Å². The van der Waals surface area contributed by atoms with Crippen LogP contribution in [0, 0.1) is 0 Å². The number of benzene rings is 1. The van der Waals surface area contributed by atoms with Crippen molar-refractivity contribution in [2.75, 3.05) is 6.54 Å². The van der Waals surface area contributed by atoms with E-state index in [1.165, 1.54) is 0 Å². The first-order chi connectivity index (χ1) is 8.56. The third-order valence-corrected chi connectivity index (χ3v) is 2.54. The van der Waals surface area contributed by atoms with E-state index in [4.69, 9.17) is 11.6 Å². The summed E-state index contributed by atoms with van der Waals surface area (Å²) in [6.07, 6.45) is -2.44. The van der Waals surface area contributed by atoms with Crippen LogP contribution >= 0.6 is 11.6 Å². The summed E-state index contributed by atoms with van der Waals surface area (Å²) in [5.74, 6) is 0.301. The van der Waals surface area contributed by atoms with E-state index < -0.39 is 13.0 Å². The molecule has 2 aromatic rings. The second-order valence-corrected chi connectivity index (χ2v) is 4.13. The Morgan fingerprint density at radius 1 is 1.44 bits per heavy atom. The molecule has 96 valence electrons. The fourth-order valence-electron chi connectivity index (χ4n) is 1.54. The van der Waals surface area contributed by atoms with Crippen LogP contribution in [-0.4, -0.2) is 22.9 Å². The second-order valence-electron chi connectivity index (χ2n) is 3.70. The molecular weight excluding hydrogens is 264 g/mol. The molecule has 0 aliphatic carbocycles. The molecule has 4 nitrogen and oxygen atoms in total. The summed E-state index contributed by atoms with van der Waals surface area (Å²) in [6.45, 7) is -0.376. The van der Waals surface area contributed by atoms with Crippen molar-refractivity contribution in [2.45, 2.75) is 13.0 Å². The quantitative estimate of drug-likeness (QED) is 0.895. The number of hydrogen-bond acceptors (Lipinski definition) is 3. The maximum atomic E-state index is 12.0. The highest BCUT2D eigenvalue weighted by Gasteiger charge is 2.06. The van der Waals surface area contributed by atoms with Crippen LogP contribution in [0.5, 0.6) is 0 Å². The Morgan fingerprint density at radius 2 is 2.22 bits per heavy atom. The van der Waals surface area contributed by atoms with Crippen LogP contribution in [0.15, 0.2) is 23.0 Å². The van der Waals surface area contributed by atoms with E-state index in [9.17, 15) is 13.6 Å². The maximum Gasteiger partial charge on any atom is 0.258 e. The van der Waals surface area contributed by atoms with Crippen LogP contribution in [0.25, 0.3) is 10.9 Å². The largest absolute Gasteiger partial charge is 0.309 e. The number of fused-ring (bicyclic) bond motifs is 1. The fourth-order valence-corrected chi connectivity index (χ4v) is 1.71. The Hall–Kier alpha value is -1.53. The molecule has 1 heterocycles. The van der Waals surface area contributed by atoms with Gasteiger partial charge in [0.25, 0.3) is 12.0 Å². The van der Waals surface area contributed by atoms with Crippen LogP contribution in [0.2, 0.25) is 5.02 Å². The first-order valence-corrected chi connectivity index (χ1v) is 5.61. The molecule has 0 atom stereocenters. The molecule has 0 saturated heterocycles. The number of nitrogens with zero attached hydrogens (tertiary/aromatic N) is 1. The molecule has 0 fully saturated rings. The van der Waals surface area contributed by atoms with Crippen molar-refractivity contribution in [1.29, 1.82) is 0 Å². The van der Waals surface area contributed by atoms with E-state index in [0.717, 1.165) is 0 Å². The lowest BCUT2D eigenvalue weighted by Gasteiger charge is -2.05. The summed E-state index contributed by atoms with van der Waals surface area (Å²) >= 11 is 5.80. The number of halogens is 3. The topological polar surface area (TPSA) is 57.8 Å². The lowest BCUT2D eigenvalue weighted by molar-refractivity contribution is 0.145. The van der Waals surface area contributed by atoms with E-state index in [1.807, 2.05) is 0 Å². The molecule has 0 unspecified atom stereocenters. The Kier molecular flexibility index (Phi) is 3.88. The number of aromatic nitrogens is 2. The molecular formula is C11H10ClF2N3O. The van der Waals surface area contributed by atoms with E-state index in [0.29, 0.717) is 21.7 Å². The normalized spacial score (nSPS) is 11.3. The van der Waals surface area contributed by atoms with Crippen LogP contribution in [-0.2, 0) is 6.54 Å². The van der Waals surface area contributed by atoms with Gasteiger partial charge in [-0.3, -0.25) is 4.79 Å². The minimum atomic E-state index is -2.44. The Balaban J connectivity index is 2.27. The van der Waals surface area contributed by atoms with E-state index >= 15 is 0 Å². The standard InChI is InChI=1S/C11H10ClF2N3O/c12-6-1-2-7-8(3-6)16-10(17-11(7)18)5-15-4-9(13)14/h1-3,9,15H,4-5H2,(H,16,17,18). The zero-order valence-electron chi connectivity index (χ0n) is 9.21. The lowest BCUT2D eigenvalue weighted by atomic mass is 10.2. The summed E-state index contributed by atoms with van der Waals surface area (Å²) in [7, 11) is 0. The summed E-state index contributed by atoms with van der Waals surface area (Å²) in [4.78, 5) is 18.4. The Labute approximate surface area is 106 Å². The number of nitrogens with one attached hydrogen (secondary N) is 2. The van der Waals surface area contributed by atoms with Gasteiger partial charge in [-0.25, -0.2) is 13.8 Å². The van der Waals surface area contributed by atoms with Gasteiger partial charge in [0.05, 0.1) is 24.0 Å². The van der Waals surface area contributed by atoms with Crippen molar-refractivity contribution in [1.82, 2.24) is 15.3 Å². The predicted molar refractivity (Wildman–Crippen MR) is 65.1 cm³/mol. The van der Waals surface area contributed by atoms with Crippen LogP contribution in [0.3, 0.4) is 0 Å². The van der Waals surface area contributed by atoms with Crippen molar-refractivity contribution < 1.29 is 8.78 Å². The molecule has 2 N–H and O–H groups in total. The average Bonchev–Trinajstić information content (AvgIpc) is 2.27. The molecule has 1 aromatic heterocycles. The van der Waals surface area contributed by atoms with Crippen molar-refractivity contribution in [3.8, 4) is 0 Å². The van der Waals surface area contributed by atoms with Crippen molar-refractivity contribution in [2.24, 2.45) is 0 Å². The number of rotatable bonds is 4. The van der Waals surface area contributed by atoms with Gasteiger partial charge in [-0.15, -0.1) is 0 Å². The minimum absolute atomic E-state index is 0.0715. The zero-order chi connectivity index (χ0) is 13.1. The van der Waals surface area contributed by atoms with Gasteiger partial charge in [-0.2, -0.15) is 0 Å². The Bertz CT molecular complexity index is 615. The van der Waals surface area contributed by atoms with Crippen molar-refractivity contribution in [3.63, 3.8) is 0 Å². The van der Waals surface area contributed by atoms with Gasteiger partial charge in [0.15, 0.2) is 0 Å². The Morgan fingerprint density at radius 3 is 2.94 bits per heavy atom. The highest BCUT2D eigenvalue weighted by Crippen LogP contribution is 2.14. The fraction of sp³-hybridized carbons (Fsp3) is 0.273. The smallest absolute Gasteiger partial charge is 0.258 e. The highest BCUT2D eigenvalue weighted by atomic mass is 35.5. The predicted octanol–water partition coefficient (Wildman–Crippen LogP) is 1.93. The van der Waals surface area contributed by atoms with Gasteiger partial charge < -0.3 is 10.3 Å². The van der Waals surface area contributed by atoms with Gasteiger partial charge in [-0.1, -0.05) is 11.6 Å². The van der Waals surface area contributed by atoms with E-state index in [-0.39, 0.29) is 12.1 Å². The van der Waals surface area contributed by atoms with Crippen LogP contribution < -0.4 is 10.9 Å². The minimum Gasteiger partial charge on any atom is -0.309 e. The zero-order valence-corrected chi connectivity index (χ0v) is 9.97. The van der Waals surface area contributed by atoms with Gasteiger partial charge >= 0.3 is 0 Å². The molecule has 18 heavy (non-hydrogen) atoms. The number of H-pyrrole nitrogens is 1. The highest BCUT2D eigenvalue weighted by molar-refractivity contribution is 6.31. The summed E-state index contributed by atoms with van der Waals surface area (Å²) < 4.78 is 23.9. The maximum absolute atomic E-state index is 12.0. The second kappa shape index (κ2) is 5.41. The first-order valence-electron chi connectivity index (χ1n) is 5.23. The van der Waals surface area contributed by atoms with Crippen LogP contribution in [0.1, 0.15) is 5.82 Å². The molecule has 0 radical (unpaired) electrons. The summed E-state index contributed by atoms with van der Waals surface area (Å²) in [5.41, 5.74) is 0.130. The monoisotopic (exact) mass is 273 g/mol. The van der Waals surface area contributed by atoms with E-state index in [1.54, 1.807) is 18.2 Å². The molecule has 0 saturated carbocycles. The third kappa shape index (κ3) is 3.02. The molecule has 2 rings (SSSR count). The molecule has 0 amide bonds. The third-order valence-electron chi connectivity index (χ3n) is 2.31. The molecule has 0 bridgehead atoms. The summed E-state index contributed by atoms with van der Waals surface area (Å²) in [6, 6.07) is 4.72. The number of alkyl halides is 2. The molecule has 0 spiro atoms.